The number of carboxylic acid groups (broad SMARTS) is 1. The fraction of sp³-hybridized carbons (Fsp3) is 0.818. The van der Waals surface area contributed by atoms with E-state index in [1.54, 1.807) is 0 Å². The summed E-state index contributed by atoms with van der Waals surface area (Å²) in [6.07, 6.45) is 1.03. The van der Waals surface area contributed by atoms with E-state index in [1.165, 1.54) is 11.8 Å². The molecule has 5 nitrogen and oxygen atoms in total. The minimum Gasteiger partial charge on any atom is -0.480 e. The second kappa shape index (κ2) is 7.55. The average Bonchev–Trinajstić information content (AvgIpc) is 2.13. The zero-order valence-corrected chi connectivity index (χ0v) is 11.4. The van der Waals surface area contributed by atoms with Crippen molar-refractivity contribution in [2.45, 2.75) is 45.3 Å². The van der Waals surface area contributed by atoms with Crippen LogP contribution in [-0.2, 0) is 14.3 Å². The smallest absolute Gasteiger partial charge is 0.321 e. The molecule has 0 aliphatic heterocycles. The molecule has 17 heavy (non-hydrogen) atoms. The SMILES string of the molecule is CC(C)(C)OC(=O)CCCSC[C@H](N)C(=O)O. The first-order chi connectivity index (χ1) is 7.72. The lowest BCUT2D eigenvalue weighted by atomic mass is 10.2. The lowest BCUT2D eigenvalue weighted by Gasteiger charge is -2.19. The molecule has 0 aliphatic carbocycles. The average molecular weight is 263 g/mol. The number of hydrogen-bond acceptors (Lipinski definition) is 5. The molecule has 0 aromatic carbocycles. The number of thioether (sulfide) groups is 1. The molecule has 0 radical (unpaired) electrons. The normalized spacial score (nSPS) is 13.2. The zero-order chi connectivity index (χ0) is 13.5. The number of ether oxygens (including phenoxy) is 1. The van der Waals surface area contributed by atoms with Gasteiger partial charge in [-0.05, 0) is 32.9 Å². The van der Waals surface area contributed by atoms with Crippen molar-refractivity contribution in [1.82, 2.24) is 0 Å². The van der Waals surface area contributed by atoms with Gasteiger partial charge in [-0.25, -0.2) is 0 Å². The van der Waals surface area contributed by atoms with Gasteiger partial charge < -0.3 is 15.6 Å². The maximum Gasteiger partial charge on any atom is 0.321 e. The Kier molecular flexibility index (Phi) is 7.22. The number of esters is 1. The number of rotatable bonds is 7. The Hall–Kier alpha value is -0.750. The molecule has 0 rings (SSSR count). The van der Waals surface area contributed by atoms with E-state index < -0.39 is 17.6 Å². The molecule has 0 amide bonds. The van der Waals surface area contributed by atoms with Gasteiger partial charge in [-0.15, -0.1) is 0 Å². The fourth-order valence-electron chi connectivity index (χ4n) is 0.993. The van der Waals surface area contributed by atoms with Crippen molar-refractivity contribution >= 4 is 23.7 Å². The van der Waals surface area contributed by atoms with Crippen LogP contribution >= 0.6 is 11.8 Å². The first kappa shape index (κ1) is 16.2. The fourth-order valence-corrected chi connectivity index (χ4v) is 1.90. The summed E-state index contributed by atoms with van der Waals surface area (Å²) in [6.45, 7) is 5.47. The van der Waals surface area contributed by atoms with Crippen LogP contribution in [0.3, 0.4) is 0 Å². The molecule has 0 unspecified atom stereocenters. The highest BCUT2D eigenvalue weighted by atomic mass is 32.2. The summed E-state index contributed by atoms with van der Waals surface area (Å²) >= 11 is 1.44. The Bertz CT molecular complexity index is 263. The van der Waals surface area contributed by atoms with Crippen molar-refractivity contribution in [2.75, 3.05) is 11.5 Å². The van der Waals surface area contributed by atoms with Crippen molar-refractivity contribution in [2.24, 2.45) is 5.73 Å². The van der Waals surface area contributed by atoms with Crippen LogP contribution in [0.2, 0.25) is 0 Å². The highest BCUT2D eigenvalue weighted by molar-refractivity contribution is 7.99. The molecule has 1 atom stereocenters. The van der Waals surface area contributed by atoms with E-state index in [0.29, 0.717) is 24.3 Å². The van der Waals surface area contributed by atoms with Gasteiger partial charge in [-0.1, -0.05) is 0 Å². The first-order valence-electron chi connectivity index (χ1n) is 5.50. The van der Waals surface area contributed by atoms with Crippen molar-refractivity contribution in [3.8, 4) is 0 Å². The van der Waals surface area contributed by atoms with E-state index in [2.05, 4.69) is 0 Å². The molecule has 100 valence electrons. The van der Waals surface area contributed by atoms with Crippen LogP contribution in [0.1, 0.15) is 33.6 Å². The van der Waals surface area contributed by atoms with E-state index in [-0.39, 0.29) is 5.97 Å². The number of hydrogen-bond donors (Lipinski definition) is 2. The molecule has 0 saturated carbocycles. The van der Waals surface area contributed by atoms with Crippen LogP contribution in [0, 0.1) is 0 Å². The largest absolute Gasteiger partial charge is 0.480 e. The quantitative estimate of drug-likeness (QED) is 0.531. The third-order valence-electron chi connectivity index (χ3n) is 1.70. The molecular weight excluding hydrogens is 242 g/mol. The van der Waals surface area contributed by atoms with Crippen LogP contribution < -0.4 is 5.73 Å². The number of aliphatic carboxylic acids is 1. The Morgan fingerprint density at radius 1 is 1.41 bits per heavy atom. The van der Waals surface area contributed by atoms with Crippen LogP contribution in [0.25, 0.3) is 0 Å². The van der Waals surface area contributed by atoms with Gasteiger partial charge in [0.15, 0.2) is 0 Å². The minimum absolute atomic E-state index is 0.222. The highest BCUT2D eigenvalue weighted by Gasteiger charge is 2.16. The molecule has 0 aliphatic rings. The lowest BCUT2D eigenvalue weighted by molar-refractivity contribution is -0.154. The summed E-state index contributed by atoms with van der Waals surface area (Å²) in [7, 11) is 0. The third-order valence-corrected chi connectivity index (χ3v) is 2.88. The highest BCUT2D eigenvalue weighted by Crippen LogP contribution is 2.11. The molecule has 3 N–H and O–H groups in total. The maximum absolute atomic E-state index is 11.3. The van der Waals surface area contributed by atoms with E-state index in [0.717, 1.165) is 0 Å². The van der Waals surface area contributed by atoms with Gasteiger partial charge in [-0.3, -0.25) is 9.59 Å². The van der Waals surface area contributed by atoms with Gasteiger partial charge in [-0.2, -0.15) is 11.8 Å². The number of carbonyl (C=O) groups excluding carboxylic acids is 1. The number of carboxylic acids is 1. The topological polar surface area (TPSA) is 89.6 Å². The van der Waals surface area contributed by atoms with Gasteiger partial charge in [0.25, 0.3) is 0 Å². The molecule has 0 spiro atoms. The van der Waals surface area contributed by atoms with E-state index in [1.807, 2.05) is 20.8 Å². The Morgan fingerprint density at radius 3 is 2.47 bits per heavy atom. The molecule has 0 fully saturated rings. The molecule has 0 saturated heterocycles. The Labute approximate surface area is 106 Å². The molecule has 0 bridgehead atoms. The van der Waals surface area contributed by atoms with E-state index in [4.69, 9.17) is 15.6 Å². The van der Waals surface area contributed by atoms with Crippen LogP contribution in [-0.4, -0.2) is 40.2 Å². The summed E-state index contributed by atoms with van der Waals surface area (Å²) in [4.78, 5) is 21.7. The van der Waals surface area contributed by atoms with Crippen LogP contribution in [0.5, 0.6) is 0 Å². The zero-order valence-electron chi connectivity index (χ0n) is 10.6. The van der Waals surface area contributed by atoms with Crippen molar-refractivity contribution in [1.29, 1.82) is 0 Å². The van der Waals surface area contributed by atoms with Crippen LogP contribution in [0.15, 0.2) is 0 Å². The van der Waals surface area contributed by atoms with Gasteiger partial charge in [0.2, 0.25) is 0 Å². The summed E-state index contributed by atoms with van der Waals surface area (Å²) in [6, 6.07) is -0.832. The maximum atomic E-state index is 11.3. The van der Waals surface area contributed by atoms with Crippen molar-refractivity contribution < 1.29 is 19.4 Å². The summed E-state index contributed by atoms with van der Waals surface area (Å²) in [5.41, 5.74) is 4.88. The molecular formula is C11H21NO4S. The summed E-state index contributed by atoms with van der Waals surface area (Å²) in [5, 5.41) is 8.54. The van der Waals surface area contributed by atoms with Gasteiger partial charge >= 0.3 is 11.9 Å². The minimum atomic E-state index is -0.996. The lowest BCUT2D eigenvalue weighted by Crippen LogP contribution is -2.32. The molecule has 6 heteroatoms. The van der Waals surface area contributed by atoms with Crippen molar-refractivity contribution in [3.63, 3.8) is 0 Å². The monoisotopic (exact) mass is 263 g/mol. The molecule has 0 aromatic heterocycles. The third kappa shape index (κ3) is 10.1. The van der Waals surface area contributed by atoms with Gasteiger partial charge in [0.05, 0.1) is 0 Å². The Balaban J connectivity index is 3.52. The number of nitrogens with two attached hydrogens (primary N) is 1. The molecule has 0 aromatic rings. The van der Waals surface area contributed by atoms with E-state index in [9.17, 15) is 9.59 Å². The molecule has 0 heterocycles. The predicted molar refractivity (Wildman–Crippen MR) is 68.0 cm³/mol. The standard InChI is InChI=1S/C11H21NO4S/c1-11(2,3)16-9(13)5-4-6-17-7-8(12)10(14)15/h8H,4-7,12H2,1-3H3,(H,14,15)/t8-/m0/s1. The van der Waals surface area contributed by atoms with Gasteiger partial charge in [0, 0.05) is 12.2 Å². The van der Waals surface area contributed by atoms with Crippen LogP contribution in [0.4, 0.5) is 0 Å². The van der Waals surface area contributed by atoms with E-state index >= 15 is 0 Å². The van der Waals surface area contributed by atoms with Crippen molar-refractivity contribution in [3.05, 3.63) is 0 Å². The van der Waals surface area contributed by atoms with Gasteiger partial charge in [0.1, 0.15) is 11.6 Å². The summed E-state index contributed by atoms with van der Waals surface area (Å²) < 4.78 is 5.14. The second-order valence-corrected chi connectivity index (χ2v) is 5.86. The number of carbonyl (C=O) groups is 2. The first-order valence-corrected chi connectivity index (χ1v) is 6.66. The summed E-state index contributed by atoms with van der Waals surface area (Å²) in [5.74, 6) is -0.144. The predicted octanol–water partition coefficient (Wildman–Crippen LogP) is 1.25. The Morgan fingerprint density at radius 2 is 2.00 bits per heavy atom. The second-order valence-electron chi connectivity index (χ2n) is 4.71.